The third-order valence-corrected chi connectivity index (χ3v) is 4.07. The molecule has 0 bridgehead atoms. The van der Waals surface area contributed by atoms with Crippen LogP contribution in [0.2, 0.25) is 5.02 Å². The maximum absolute atomic E-state index is 13.2. The molecule has 100 valence electrons. The van der Waals surface area contributed by atoms with Gasteiger partial charge < -0.3 is 4.74 Å². The molecule has 0 spiro atoms. The zero-order valence-electron chi connectivity index (χ0n) is 10.2. The van der Waals surface area contributed by atoms with Crippen molar-refractivity contribution in [3.63, 3.8) is 0 Å². The normalized spacial score (nSPS) is 25.3. The summed E-state index contributed by atoms with van der Waals surface area (Å²) in [6.07, 6.45) is 0.370. The van der Waals surface area contributed by atoms with E-state index in [1.807, 2.05) is 0 Å². The topological polar surface area (TPSA) is 12.5 Å². The molecule has 1 aromatic rings. The Labute approximate surface area is 120 Å². The standard InChI is InChI=1S/C13H16BrClFNO/c1-9-6-17(8-12(5-14)18-9)7-10-4-11(16)2-3-13(10)15/h2-4,9,12H,5-8H2,1H3. The SMILES string of the molecule is CC1CN(Cc2cc(F)ccc2Cl)CC(CBr)O1. The van der Waals surface area contributed by atoms with Crippen molar-refractivity contribution in [2.24, 2.45) is 0 Å². The zero-order chi connectivity index (χ0) is 13.1. The van der Waals surface area contributed by atoms with E-state index in [2.05, 4.69) is 27.8 Å². The van der Waals surface area contributed by atoms with E-state index >= 15 is 0 Å². The first-order valence-electron chi connectivity index (χ1n) is 5.96. The summed E-state index contributed by atoms with van der Waals surface area (Å²) in [5, 5.41) is 1.43. The molecule has 0 aliphatic carbocycles. The molecule has 0 amide bonds. The van der Waals surface area contributed by atoms with Crippen LogP contribution < -0.4 is 0 Å². The fourth-order valence-corrected chi connectivity index (χ4v) is 2.80. The van der Waals surface area contributed by atoms with Crippen LogP contribution in [0.3, 0.4) is 0 Å². The van der Waals surface area contributed by atoms with Gasteiger partial charge in [0.2, 0.25) is 0 Å². The number of rotatable bonds is 3. The minimum absolute atomic E-state index is 0.182. The Hall–Kier alpha value is -0.160. The number of benzene rings is 1. The molecule has 1 heterocycles. The van der Waals surface area contributed by atoms with Crippen molar-refractivity contribution in [2.75, 3.05) is 18.4 Å². The van der Waals surface area contributed by atoms with Gasteiger partial charge in [0.25, 0.3) is 0 Å². The zero-order valence-corrected chi connectivity index (χ0v) is 12.5. The number of hydrogen-bond acceptors (Lipinski definition) is 2. The third kappa shape index (κ3) is 3.67. The molecule has 1 fully saturated rings. The van der Waals surface area contributed by atoms with E-state index in [-0.39, 0.29) is 18.0 Å². The van der Waals surface area contributed by atoms with Crippen LogP contribution in [0, 0.1) is 5.82 Å². The summed E-state index contributed by atoms with van der Waals surface area (Å²) in [6, 6.07) is 4.50. The Kier molecular flexibility index (Phi) is 5.01. The molecule has 2 unspecified atom stereocenters. The Morgan fingerprint density at radius 3 is 3.00 bits per heavy atom. The second-order valence-corrected chi connectivity index (χ2v) is 5.71. The number of morpholine rings is 1. The lowest BCUT2D eigenvalue weighted by atomic mass is 10.1. The minimum Gasteiger partial charge on any atom is -0.372 e. The fraction of sp³-hybridized carbons (Fsp3) is 0.538. The predicted molar refractivity (Wildman–Crippen MR) is 74.8 cm³/mol. The number of alkyl halides is 1. The minimum atomic E-state index is -0.243. The lowest BCUT2D eigenvalue weighted by Gasteiger charge is -2.36. The van der Waals surface area contributed by atoms with Gasteiger partial charge in [0.05, 0.1) is 12.2 Å². The molecule has 2 rings (SSSR count). The van der Waals surface area contributed by atoms with Crippen molar-refractivity contribution < 1.29 is 9.13 Å². The molecule has 0 radical (unpaired) electrons. The van der Waals surface area contributed by atoms with Gasteiger partial charge in [0.1, 0.15) is 5.82 Å². The highest BCUT2D eigenvalue weighted by Gasteiger charge is 2.24. The molecular formula is C13H16BrClFNO. The summed E-state index contributed by atoms with van der Waals surface area (Å²) in [6.45, 7) is 4.39. The Morgan fingerprint density at radius 2 is 2.28 bits per heavy atom. The lowest BCUT2D eigenvalue weighted by molar-refractivity contribution is -0.0678. The van der Waals surface area contributed by atoms with Crippen LogP contribution in [0.4, 0.5) is 4.39 Å². The maximum Gasteiger partial charge on any atom is 0.123 e. The van der Waals surface area contributed by atoms with Crippen LogP contribution in [0.5, 0.6) is 0 Å². The second-order valence-electron chi connectivity index (χ2n) is 4.65. The average Bonchev–Trinajstić information content (AvgIpc) is 2.33. The lowest BCUT2D eigenvalue weighted by Crippen LogP contribution is -2.46. The van der Waals surface area contributed by atoms with Gasteiger partial charge in [0, 0.05) is 30.0 Å². The van der Waals surface area contributed by atoms with Gasteiger partial charge in [0.15, 0.2) is 0 Å². The summed E-state index contributed by atoms with van der Waals surface area (Å²) in [7, 11) is 0. The van der Waals surface area contributed by atoms with E-state index in [0.717, 1.165) is 24.0 Å². The van der Waals surface area contributed by atoms with E-state index in [9.17, 15) is 4.39 Å². The summed E-state index contributed by atoms with van der Waals surface area (Å²) in [4.78, 5) is 2.25. The maximum atomic E-state index is 13.2. The first-order valence-corrected chi connectivity index (χ1v) is 7.46. The van der Waals surface area contributed by atoms with Crippen LogP contribution in [0.1, 0.15) is 12.5 Å². The van der Waals surface area contributed by atoms with Crippen molar-refractivity contribution >= 4 is 27.5 Å². The van der Waals surface area contributed by atoms with E-state index in [1.54, 1.807) is 6.07 Å². The highest BCUT2D eigenvalue weighted by molar-refractivity contribution is 9.09. The Morgan fingerprint density at radius 1 is 1.50 bits per heavy atom. The van der Waals surface area contributed by atoms with Crippen LogP contribution in [0.25, 0.3) is 0 Å². The third-order valence-electron chi connectivity index (χ3n) is 2.98. The Bertz CT molecular complexity index is 418. The molecular weight excluding hydrogens is 321 g/mol. The van der Waals surface area contributed by atoms with Crippen molar-refractivity contribution in [3.05, 3.63) is 34.6 Å². The first-order chi connectivity index (χ1) is 8.58. The van der Waals surface area contributed by atoms with E-state index in [1.165, 1.54) is 12.1 Å². The molecule has 5 heteroatoms. The van der Waals surface area contributed by atoms with Gasteiger partial charge in [-0.2, -0.15) is 0 Å². The van der Waals surface area contributed by atoms with Gasteiger partial charge in [-0.25, -0.2) is 4.39 Å². The predicted octanol–water partition coefficient (Wildman–Crippen LogP) is 3.46. The highest BCUT2D eigenvalue weighted by atomic mass is 79.9. The summed E-state index contributed by atoms with van der Waals surface area (Å²) >= 11 is 9.53. The van der Waals surface area contributed by atoms with E-state index in [4.69, 9.17) is 16.3 Å². The van der Waals surface area contributed by atoms with Crippen LogP contribution in [-0.4, -0.2) is 35.5 Å². The van der Waals surface area contributed by atoms with Gasteiger partial charge in [-0.15, -0.1) is 0 Å². The number of nitrogens with zero attached hydrogens (tertiary/aromatic N) is 1. The average molecular weight is 337 g/mol. The fourth-order valence-electron chi connectivity index (χ4n) is 2.26. The van der Waals surface area contributed by atoms with Gasteiger partial charge >= 0.3 is 0 Å². The molecule has 1 saturated heterocycles. The molecule has 0 aromatic heterocycles. The van der Waals surface area contributed by atoms with Gasteiger partial charge in [-0.1, -0.05) is 27.5 Å². The molecule has 1 aromatic carbocycles. The number of ether oxygens (including phenoxy) is 1. The molecule has 0 saturated carbocycles. The molecule has 1 aliphatic rings. The number of hydrogen-bond donors (Lipinski definition) is 0. The molecule has 2 atom stereocenters. The van der Waals surface area contributed by atoms with Crippen molar-refractivity contribution in [2.45, 2.75) is 25.7 Å². The van der Waals surface area contributed by atoms with E-state index < -0.39 is 0 Å². The van der Waals surface area contributed by atoms with E-state index in [0.29, 0.717) is 11.6 Å². The Balaban J connectivity index is 2.06. The number of halogens is 3. The van der Waals surface area contributed by atoms with Crippen LogP contribution in [0.15, 0.2) is 18.2 Å². The quantitative estimate of drug-likeness (QED) is 0.784. The summed E-state index contributed by atoms with van der Waals surface area (Å²) in [5.41, 5.74) is 0.832. The smallest absolute Gasteiger partial charge is 0.123 e. The van der Waals surface area contributed by atoms with Crippen molar-refractivity contribution in [1.29, 1.82) is 0 Å². The largest absolute Gasteiger partial charge is 0.372 e. The molecule has 2 nitrogen and oxygen atoms in total. The monoisotopic (exact) mass is 335 g/mol. The molecule has 18 heavy (non-hydrogen) atoms. The van der Waals surface area contributed by atoms with Gasteiger partial charge in [-0.3, -0.25) is 4.90 Å². The first kappa shape index (κ1) is 14.3. The molecule has 1 aliphatic heterocycles. The van der Waals surface area contributed by atoms with Crippen molar-refractivity contribution in [1.82, 2.24) is 4.90 Å². The summed E-state index contributed by atoms with van der Waals surface area (Å²) < 4.78 is 19.0. The summed E-state index contributed by atoms with van der Waals surface area (Å²) in [5.74, 6) is -0.243. The molecule has 0 N–H and O–H groups in total. The van der Waals surface area contributed by atoms with Crippen molar-refractivity contribution in [3.8, 4) is 0 Å². The van der Waals surface area contributed by atoms with Crippen LogP contribution in [-0.2, 0) is 11.3 Å². The second kappa shape index (κ2) is 6.33. The highest BCUT2D eigenvalue weighted by Crippen LogP contribution is 2.21. The van der Waals surface area contributed by atoms with Crippen LogP contribution >= 0.6 is 27.5 Å². The van der Waals surface area contributed by atoms with Gasteiger partial charge in [-0.05, 0) is 30.7 Å².